The van der Waals surface area contributed by atoms with Crippen molar-refractivity contribution < 1.29 is 9.47 Å². The zero-order valence-electron chi connectivity index (χ0n) is 14.4. The summed E-state index contributed by atoms with van der Waals surface area (Å²) >= 11 is 14.0. The molecule has 0 fully saturated rings. The van der Waals surface area contributed by atoms with Crippen molar-refractivity contribution in [1.29, 1.82) is 0 Å². The van der Waals surface area contributed by atoms with E-state index in [0.717, 1.165) is 32.5 Å². The maximum atomic E-state index is 6.29. The van der Waals surface area contributed by atoms with Gasteiger partial charge in [0.25, 0.3) is 0 Å². The van der Waals surface area contributed by atoms with Crippen molar-refractivity contribution in [2.24, 2.45) is 0 Å². The highest BCUT2D eigenvalue weighted by Crippen LogP contribution is 2.36. The molecule has 0 bridgehead atoms. The Labute approximate surface area is 166 Å². The van der Waals surface area contributed by atoms with Crippen LogP contribution < -0.4 is 14.8 Å². The van der Waals surface area contributed by atoms with Crippen molar-refractivity contribution >= 4 is 34.5 Å². The highest BCUT2D eigenvalue weighted by molar-refractivity contribution is 7.15. The third-order valence-electron chi connectivity index (χ3n) is 3.85. The third-order valence-corrected chi connectivity index (χ3v) is 5.70. The van der Waals surface area contributed by atoms with E-state index in [-0.39, 0.29) is 0 Å². The summed E-state index contributed by atoms with van der Waals surface area (Å²) in [6.45, 7) is 1.29. The molecule has 0 aliphatic carbocycles. The molecule has 0 spiro atoms. The van der Waals surface area contributed by atoms with Gasteiger partial charge in [0.15, 0.2) is 11.5 Å². The van der Waals surface area contributed by atoms with Gasteiger partial charge < -0.3 is 14.8 Å². The standard InChI is InChI=1S/C19H18Cl2N2O2S/c1-24-15-8-3-5-12(19(15)25-2)9-22-11-17-23-10-16(26-17)13-6-4-7-14(20)18(13)21/h3-8,10,22H,9,11H2,1-2H3. The number of thiazole rings is 1. The smallest absolute Gasteiger partial charge is 0.165 e. The van der Waals surface area contributed by atoms with Crippen LogP contribution in [0.25, 0.3) is 10.4 Å². The Morgan fingerprint density at radius 3 is 2.62 bits per heavy atom. The molecular formula is C19H18Cl2N2O2S. The van der Waals surface area contributed by atoms with Crippen molar-refractivity contribution in [3.8, 4) is 21.9 Å². The van der Waals surface area contributed by atoms with E-state index in [4.69, 9.17) is 32.7 Å². The topological polar surface area (TPSA) is 43.4 Å². The number of ether oxygens (including phenoxy) is 2. The van der Waals surface area contributed by atoms with Crippen LogP contribution in [0.1, 0.15) is 10.6 Å². The van der Waals surface area contributed by atoms with Gasteiger partial charge in [0.1, 0.15) is 5.01 Å². The molecule has 26 heavy (non-hydrogen) atoms. The van der Waals surface area contributed by atoms with E-state index in [1.807, 2.05) is 36.5 Å². The first kappa shape index (κ1) is 19.0. The third kappa shape index (κ3) is 4.13. The second kappa shape index (κ2) is 8.73. The van der Waals surface area contributed by atoms with E-state index in [1.165, 1.54) is 0 Å². The van der Waals surface area contributed by atoms with E-state index < -0.39 is 0 Å². The Morgan fingerprint density at radius 1 is 1.04 bits per heavy atom. The fraction of sp³-hybridized carbons (Fsp3) is 0.211. The molecule has 0 unspecified atom stereocenters. The van der Waals surface area contributed by atoms with Gasteiger partial charge in [0.2, 0.25) is 0 Å². The molecule has 0 radical (unpaired) electrons. The number of methoxy groups -OCH3 is 2. The van der Waals surface area contributed by atoms with Gasteiger partial charge in [-0.15, -0.1) is 11.3 Å². The van der Waals surface area contributed by atoms with Crippen molar-refractivity contribution in [2.75, 3.05) is 14.2 Å². The normalized spacial score (nSPS) is 10.8. The van der Waals surface area contributed by atoms with Gasteiger partial charge in [-0.25, -0.2) is 4.98 Å². The second-order valence-corrected chi connectivity index (χ2v) is 7.38. The monoisotopic (exact) mass is 408 g/mol. The van der Waals surface area contributed by atoms with Gasteiger partial charge in [-0.1, -0.05) is 47.5 Å². The van der Waals surface area contributed by atoms with Gasteiger partial charge in [-0.2, -0.15) is 0 Å². The largest absolute Gasteiger partial charge is 0.493 e. The molecule has 1 aromatic heterocycles. The zero-order chi connectivity index (χ0) is 18.5. The van der Waals surface area contributed by atoms with E-state index in [0.29, 0.717) is 23.1 Å². The molecule has 0 aliphatic heterocycles. The molecule has 1 heterocycles. The van der Waals surface area contributed by atoms with Crippen LogP contribution in [0.5, 0.6) is 11.5 Å². The molecule has 3 rings (SSSR count). The number of nitrogens with zero attached hydrogens (tertiary/aromatic N) is 1. The van der Waals surface area contributed by atoms with Gasteiger partial charge in [0, 0.05) is 30.4 Å². The molecule has 0 amide bonds. The first-order valence-corrected chi connectivity index (χ1v) is 9.51. The fourth-order valence-corrected chi connectivity index (χ4v) is 3.98. The minimum absolute atomic E-state index is 0.544. The van der Waals surface area contributed by atoms with Gasteiger partial charge in [0.05, 0.1) is 29.1 Å². The summed E-state index contributed by atoms with van der Waals surface area (Å²) in [6.07, 6.45) is 1.82. The van der Waals surface area contributed by atoms with Gasteiger partial charge in [-0.3, -0.25) is 0 Å². The second-order valence-electron chi connectivity index (χ2n) is 5.48. The Morgan fingerprint density at radius 2 is 1.85 bits per heavy atom. The lowest BCUT2D eigenvalue weighted by Crippen LogP contribution is -2.13. The minimum Gasteiger partial charge on any atom is -0.493 e. The lowest BCUT2D eigenvalue weighted by atomic mass is 10.2. The fourth-order valence-electron chi connectivity index (χ4n) is 2.61. The van der Waals surface area contributed by atoms with Crippen LogP contribution in [-0.4, -0.2) is 19.2 Å². The molecule has 0 aliphatic rings. The summed E-state index contributed by atoms with van der Waals surface area (Å²) in [4.78, 5) is 5.46. The maximum absolute atomic E-state index is 6.29. The van der Waals surface area contributed by atoms with Crippen molar-refractivity contribution in [1.82, 2.24) is 10.3 Å². The van der Waals surface area contributed by atoms with Crippen molar-refractivity contribution in [3.63, 3.8) is 0 Å². The first-order valence-electron chi connectivity index (χ1n) is 7.93. The Hall–Kier alpha value is -1.79. The van der Waals surface area contributed by atoms with Gasteiger partial charge in [-0.05, 0) is 12.1 Å². The molecule has 3 aromatic rings. The molecule has 0 saturated heterocycles. The predicted molar refractivity (Wildman–Crippen MR) is 108 cm³/mol. The SMILES string of the molecule is COc1cccc(CNCc2ncc(-c3cccc(Cl)c3Cl)s2)c1OC. The van der Waals surface area contributed by atoms with Crippen molar-refractivity contribution in [2.45, 2.75) is 13.1 Å². The Bertz CT molecular complexity index is 899. The van der Waals surface area contributed by atoms with Crippen molar-refractivity contribution in [3.05, 3.63) is 63.2 Å². The zero-order valence-corrected chi connectivity index (χ0v) is 16.7. The average Bonchev–Trinajstić information content (AvgIpc) is 3.12. The molecule has 1 N–H and O–H groups in total. The Balaban J connectivity index is 1.67. The van der Waals surface area contributed by atoms with Crippen LogP contribution in [0.15, 0.2) is 42.6 Å². The quantitative estimate of drug-likeness (QED) is 0.566. The number of hydrogen-bond donors (Lipinski definition) is 1. The summed E-state index contributed by atoms with van der Waals surface area (Å²) in [5.41, 5.74) is 1.93. The summed E-state index contributed by atoms with van der Waals surface area (Å²) < 4.78 is 10.8. The van der Waals surface area contributed by atoms with Crippen LogP contribution in [0.3, 0.4) is 0 Å². The highest BCUT2D eigenvalue weighted by Gasteiger charge is 2.12. The molecule has 0 atom stereocenters. The Kier molecular flexibility index (Phi) is 6.38. The molecule has 136 valence electrons. The molecule has 7 heteroatoms. The van der Waals surface area contributed by atoms with Crippen LogP contribution in [-0.2, 0) is 13.1 Å². The number of para-hydroxylation sites is 1. The average molecular weight is 409 g/mol. The molecule has 0 saturated carbocycles. The predicted octanol–water partition coefficient (Wildman–Crippen LogP) is 5.42. The maximum Gasteiger partial charge on any atom is 0.165 e. The van der Waals surface area contributed by atoms with Crippen LogP contribution in [0.2, 0.25) is 10.0 Å². The molecule has 2 aromatic carbocycles. The van der Waals surface area contributed by atoms with E-state index in [9.17, 15) is 0 Å². The van der Waals surface area contributed by atoms with E-state index >= 15 is 0 Å². The number of rotatable bonds is 7. The number of halogens is 2. The van der Waals surface area contributed by atoms with Crippen LogP contribution in [0.4, 0.5) is 0 Å². The first-order chi connectivity index (χ1) is 12.6. The lowest BCUT2D eigenvalue weighted by molar-refractivity contribution is 0.350. The summed E-state index contributed by atoms with van der Waals surface area (Å²) in [7, 11) is 3.27. The van der Waals surface area contributed by atoms with E-state index in [1.54, 1.807) is 31.6 Å². The highest BCUT2D eigenvalue weighted by atomic mass is 35.5. The molecular weight excluding hydrogens is 391 g/mol. The number of nitrogens with one attached hydrogen (secondary N) is 1. The van der Waals surface area contributed by atoms with Gasteiger partial charge >= 0.3 is 0 Å². The van der Waals surface area contributed by atoms with E-state index in [2.05, 4.69) is 10.3 Å². The summed E-state index contributed by atoms with van der Waals surface area (Å²) in [6, 6.07) is 11.4. The summed E-state index contributed by atoms with van der Waals surface area (Å²) in [5, 5.41) is 5.46. The number of hydrogen-bond acceptors (Lipinski definition) is 5. The van der Waals surface area contributed by atoms with Crippen LogP contribution >= 0.6 is 34.5 Å². The number of aromatic nitrogens is 1. The van der Waals surface area contributed by atoms with Crippen LogP contribution in [0, 0.1) is 0 Å². The minimum atomic E-state index is 0.544. The lowest BCUT2D eigenvalue weighted by Gasteiger charge is -2.12. The number of benzene rings is 2. The summed E-state index contributed by atoms with van der Waals surface area (Å²) in [5.74, 6) is 1.46. The molecule has 4 nitrogen and oxygen atoms in total.